The lowest BCUT2D eigenvalue weighted by Gasteiger charge is -2.61. The number of aromatic hydroxyl groups is 2. The highest BCUT2D eigenvalue weighted by atomic mass is 16.7. The standard InChI is InChI=1S/C40H48O13/c1-18-29(19(2)43)34(45)31-24(33(18)44)11-22(37(48)49)12-27(31)52-38-35(46)36(47)40(28(14-42)53-38)13-25-23-6-3-5-21-15-50-17-39(32(21)23,9-4-10-41)26-8-7-20(16-51-40)30(25)26/h8,11-12,21,23,25,28,32,35-36,38,41-42,44-47H,3-7,9-10,13-17H2,1-2H3,(H,48,49). The van der Waals surface area contributed by atoms with Gasteiger partial charge in [0.05, 0.1) is 36.3 Å². The van der Waals surface area contributed by atoms with Crippen molar-refractivity contribution in [2.75, 3.05) is 33.0 Å². The first-order chi connectivity index (χ1) is 25.4. The number of aromatic carboxylic acids is 1. The van der Waals surface area contributed by atoms with Crippen LogP contribution in [-0.4, -0.2) is 111 Å². The molecular weight excluding hydrogens is 688 g/mol. The highest BCUT2D eigenvalue weighted by Gasteiger charge is 2.65. The van der Waals surface area contributed by atoms with Crippen LogP contribution in [0.2, 0.25) is 0 Å². The summed E-state index contributed by atoms with van der Waals surface area (Å²) in [5, 5.41) is 76.7. The van der Waals surface area contributed by atoms with Gasteiger partial charge in [0.2, 0.25) is 6.29 Å². The van der Waals surface area contributed by atoms with Crippen molar-refractivity contribution < 1.29 is 64.3 Å². The third-order valence-corrected chi connectivity index (χ3v) is 13.4. The maximum atomic E-state index is 12.5. The van der Waals surface area contributed by atoms with Crippen molar-refractivity contribution in [1.29, 1.82) is 0 Å². The van der Waals surface area contributed by atoms with Gasteiger partial charge in [0.25, 0.3) is 0 Å². The Hall–Kier alpha value is -3.56. The largest absolute Gasteiger partial charge is 0.507 e. The number of phenolic OH excluding ortho intramolecular Hbond substituents is 2. The van der Waals surface area contributed by atoms with Crippen LogP contribution in [-0.2, 0) is 14.2 Å². The molecule has 3 aliphatic heterocycles. The van der Waals surface area contributed by atoms with Crippen molar-refractivity contribution in [3.8, 4) is 17.2 Å². The Labute approximate surface area is 306 Å². The van der Waals surface area contributed by atoms with E-state index in [0.717, 1.165) is 43.4 Å². The van der Waals surface area contributed by atoms with Gasteiger partial charge in [-0.15, -0.1) is 0 Å². The van der Waals surface area contributed by atoms with Gasteiger partial charge < -0.3 is 54.7 Å². The average molecular weight is 737 g/mol. The van der Waals surface area contributed by atoms with Crippen molar-refractivity contribution in [1.82, 2.24) is 0 Å². The second kappa shape index (κ2) is 13.3. The molecule has 7 N–H and O–H groups in total. The molecule has 2 aromatic carbocycles. The van der Waals surface area contributed by atoms with Gasteiger partial charge in [-0.3, -0.25) is 4.79 Å². The fraction of sp³-hybridized carbons (Fsp3) is 0.600. The van der Waals surface area contributed by atoms with Crippen LogP contribution in [0.3, 0.4) is 0 Å². The van der Waals surface area contributed by atoms with E-state index < -0.39 is 60.1 Å². The molecule has 3 heterocycles. The molecule has 0 aromatic heterocycles. The number of allylic oxidation sites excluding steroid dienone is 2. The fourth-order valence-electron chi connectivity index (χ4n) is 11.3. The van der Waals surface area contributed by atoms with Gasteiger partial charge in [0.15, 0.2) is 5.78 Å². The number of rotatable bonds is 8. The number of carbonyl (C=O) groups excluding carboxylic acids is 1. The summed E-state index contributed by atoms with van der Waals surface area (Å²) in [5.41, 5.74) is 1.31. The lowest BCUT2D eigenvalue weighted by atomic mass is 9.46. The number of fused-ring (bicyclic) bond motifs is 3. The first kappa shape index (κ1) is 36.4. The predicted octanol–water partition coefficient (Wildman–Crippen LogP) is 3.52. The highest BCUT2D eigenvalue weighted by molar-refractivity contribution is 6.11. The smallest absolute Gasteiger partial charge is 0.335 e. The molecule has 2 saturated carbocycles. The summed E-state index contributed by atoms with van der Waals surface area (Å²) in [6.45, 7) is 3.53. The minimum absolute atomic E-state index is 0.0464. The topological polar surface area (TPSA) is 213 Å². The molecule has 2 aromatic rings. The number of Topliss-reactive ketones (excluding diaryl/α,β-unsaturated/α-hetero) is 1. The van der Waals surface area contributed by atoms with E-state index in [-0.39, 0.29) is 70.1 Å². The van der Waals surface area contributed by atoms with Crippen LogP contribution >= 0.6 is 0 Å². The zero-order valence-corrected chi connectivity index (χ0v) is 29.9. The summed E-state index contributed by atoms with van der Waals surface area (Å²) in [6, 6.07) is 2.22. The summed E-state index contributed by atoms with van der Waals surface area (Å²) < 4.78 is 25.3. The summed E-state index contributed by atoms with van der Waals surface area (Å²) in [7, 11) is 0. The molecule has 10 atom stereocenters. The molecule has 2 saturated heterocycles. The molecule has 0 bridgehead atoms. The number of hydrogen-bond donors (Lipinski definition) is 7. The van der Waals surface area contributed by atoms with E-state index in [2.05, 4.69) is 6.08 Å². The Kier molecular flexibility index (Phi) is 9.16. The Balaban J connectivity index is 1.17. The summed E-state index contributed by atoms with van der Waals surface area (Å²) in [4.78, 5) is 24.7. The highest BCUT2D eigenvalue weighted by Crippen LogP contribution is 2.67. The van der Waals surface area contributed by atoms with E-state index in [0.29, 0.717) is 37.9 Å². The van der Waals surface area contributed by atoms with Crippen molar-refractivity contribution in [2.45, 2.75) is 89.0 Å². The lowest BCUT2D eigenvalue weighted by Crippen LogP contribution is -2.69. The fourth-order valence-corrected chi connectivity index (χ4v) is 11.3. The van der Waals surface area contributed by atoms with Crippen LogP contribution in [0.25, 0.3) is 10.8 Å². The quantitative estimate of drug-likeness (QED) is 0.153. The van der Waals surface area contributed by atoms with E-state index in [4.69, 9.17) is 18.9 Å². The minimum Gasteiger partial charge on any atom is -0.507 e. The second-order valence-electron chi connectivity index (χ2n) is 16.0. The molecule has 10 unspecified atom stereocenters. The molecule has 0 amide bonds. The molecule has 1 spiro atoms. The van der Waals surface area contributed by atoms with Crippen molar-refractivity contribution >= 4 is 22.5 Å². The molecule has 13 heteroatoms. The van der Waals surface area contributed by atoms with Crippen molar-refractivity contribution in [3.63, 3.8) is 0 Å². The number of phenols is 2. The van der Waals surface area contributed by atoms with Gasteiger partial charge in [0.1, 0.15) is 41.2 Å². The van der Waals surface area contributed by atoms with Gasteiger partial charge in [0, 0.05) is 29.6 Å². The van der Waals surface area contributed by atoms with E-state index in [1.807, 2.05) is 0 Å². The Morgan fingerprint density at radius 2 is 1.89 bits per heavy atom. The van der Waals surface area contributed by atoms with Gasteiger partial charge in [-0.2, -0.15) is 0 Å². The Morgan fingerprint density at radius 1 is 1.09 bits per heavy atom. The van der Waals surface area contributed by atoms with E-state index in [1.165, 1.54) is 25.0 Å². The molecule has 13 nitrogen and oxygen atoms in total. The molecule has 286 valence electrons. The number of aliphatic hydroxyl groups is 4. The van der Waals surface area contributed by atoms with Crippen LogP contribution in [0.5, 0.6) is 17.2 Å². The van der Waals surface area contributed by atoms with Gasteiger partial charge in [-0.05, 0) is 105 Å². The molecule has 53 heavy (non-hydrogen) atoms. The monoisotopic (exact) mass is 736 g/mol. The number of carboxylic acid groups (broad SMARTS) is 1. The summed E-state index contributed by atoms with van der Waals surface area (Å²) >= 11 is 0. The maximum absolute atomic E-state index is 12.5. The molecule has 6 aliphatic rings. The number of benzene rings is 2. The van der Waals surface area contributed by atoms with Crippen LogP contribution in [0, 0.1) is 36.0 Å². The zero-order valence-electron chi connectivity index (χ0n) is 29.9. The van der Waals surface area contributed by atoms with Crippen molar-refractivity contribution in [3.05, 3.63) is 51.6 Å². The van der Waals surface area contributed by atoms with Crippen molar-refractivity contribution in [2.24, 2.45) is 29.1 Å². The number of ketones is 1. The van der Waals surface area contributed by atoms with Gasteiger partial charge in [-0.25, -0.2) is 4.79 Å². The zero-order chi connectivity index (χ0) is 37.6. The number of aliphatic hydroxyl groups excluding tert-OH is 4. The maximum Gasteiger partial charge on any atom is 0.335 e. The third-order valence-electron chi connectivity index (χ3n) is 13.4. The number of hydrogen-bond acceptors (Lipinski definition) is 12. The number of ether oxygens (including phenoxy) is 4. The lowest BCUT2D eigenvalue weighted by molar-refractivity contribution is -0.326. The van der Waals surface area contributed by atoms with Crippen LogP contribution in [0.15, 0.2) is 34.9 Å². The van der Waals surface area contributed by atoms with Gasteiger partial charge >= 0.3 is 5.97 Å². The SMILES string of the molecule is CC(=O)c1c(C)c(O)c2cc(C(=O)O)cc(OC3OC(CO)C4(CC5C6=C(CC=C6C6(CCCO)COCC7CCCC5C76)CO4)C(O)C3O)c2c1O. The normalized spacial score (nSPS) is 36.2. The molecular formula is C40H48O13. The third kappa shape index (κ3) is 5.30. The van der Waals surface area contributed by atoms with Crippen LogP contribution < -0.4 is 4.74 Å². The second-order valence-corrected chi connectivity index (χ2v) is 16.0. The average Bonchev–Trinajstić information content (AvgIpc) is 3.50. The molecule has 0 radical (unpaired) electrons. The van der Waals surface area contributed by atoms with Crippen LogP contribution in [0.1, 0.15) is 78.1 Å². The Morgan fingerprint density at radius 3 is 2.60 bits per heavy atom. The predicted molar refractivity (Wildman–Crippen MR) is 188 cm³/mol. The molecule has 3 aliphatic carbocycles. The first-order valence-corrected chi connectivity index (χ1v) is 18.7. The van der Waals surface area contributed by atoms with E-state index in [1.54, 1.807) is 0 Å². The summed E-state index contributed by atoms with van der Waals surface area (Å²) in [5.74, 6) is -2.45. The van der Waals surface area contributed by atoms with E-state index >= 15 is 0 Å². The summed E-state index contributed by atoms with van der Waals surface area (Å²) in [6.07, 6.45) is 1.46. The number of carbonyl (C=O) groups is 2. The number of carboxylic acids is 1. The molecule has 4 fully saturated rings. The van der Waals surface area contributed by atoms with Gasteiger partial charge in [-0.1, -0.05) is 12.5 Å². The minimum atomic E-state index is -1.77. The first-order valence-electron chi connectivity index (χ1n) is 18.7. The van der Waals surface area contributed by atoms with Crippen LogP contribution in [0.4, 0.5) is 0 Å². The Bertz CT molecular complexity index is 1910. The van der Waals surface area contributed by atoms with E-state index in [9.17, 15) is 45.3 Å². The molecule has 8 rings (SSSR count).